The van der Waals surface area contributed by atoms with Gasteiger partial charge in [0.2, 0.25) is 0 Å². The van der Waals surface area contributed by atoms with Gasteiger partial charge in [0.05, 0.1) is 22.6 Å². The van der Waals surface area contributed by atoms with Crippen molar-refractivity contribution in [1.82, 2.24) is 4.57 Å². The van der Waals surface area contributed by atoms with Gasteiger partial charge in [-0.3, -0.25) is 0 Å². The smallest absolute Gasteiger partial charge is 0.0792 e. The van der Waals surface area contributed by atoms with E-state index in [0.29, 0.717) is 0 Å². The largest absolute Gasteiger partial charge is 0.330 e. The van der Waals surface area contributed by atoms with Gasteiger partial charge in [0.15, 0.2) is 0 Å². The summed E-state index contributed by atoms with van der Waals surface area (Å²) in [5, 5.41) is 8.43. The van der Waals surface area contributed by atoms with E-state index in [9.17, 15) is 0 Å². The summed E-state index contributed by atoms with van der Waals surface area (Å²) in [7, 11) is -1.76. The lowest BCUT2D eigenvalue weighted by atomic mass is 9.83. The first-order valence-electron chi connectivity index (χ1n) is 18.5. The molecule has 0 fully saturated rings. The standard InChI is InChI=1S/C50H34N2S/c1-5-13-35(14-6-1)51-41-29-21-33-23-31-43-49-45(33)47(41)48-42(51)30-22-34-24-32-44(50(49)46(34)48)52(43)36-25-27-40(28-26-36)53(37-15-7-2-8-16-37,38-17-9-3-10-18-38)39-19-11-4-12-20-39/h1-23,25-32,41H,24H2. The van der Waals surface area contributed by atoms with Crippen LogP contribution < -0.4 is 10.2 Å². The second-order valence-electron chi connectivity index (χ2n) is 14.4. The first-order valence-corrected chi connectivity index (χ1v) is 20.2. The van der Waals surface area contributed by atoms with E-state index in [2.05, 4.69) is 198 Å². The monoisotopic (exact) mass is 694 g/mol. The second-order valence-corrected chi connectivity index (χ2v) is 17.5. The van der Waals surface area contributed by atoms with E-state index in [4.69, 9.17) is 0 Å². The number of hydrogen-bond donors (Lipinski definition) is 0. The van der Waals surface area contributed by atoms with Crippen molar-refractivity contribution in [3.63, 3.8) is 0 Å². The third-order valence-corrected chi connectivity index (χ3v) is 15.8. The van der Waals surface area contributed by atoms with E-state index in [-0.39, 0.29) is 6.04 Å². The van der Waals surface area contributed by atoms with Crippen LogP contribution >= 0.6 is 10.0 Å². The Morgan fingerprint density at radius 3 is 1.72 bits per heavy atom. The Bertz CT molecular complexity index is 2900. The molecular weight excluding hydrogens is 661 g/mol. The van der Waals surface area contributed by atoms with E-state index < -0.39 is 10.0 Å². The maximum Gasteiger partial charge on any atom is 0.0792 e. The lowest BCUT2D eigenvalue weighted by Crippen LogP contribution is -2.18. The minimum Gasteiger partial charge on any atom is -0.330 e. The average molecular weight is 695 g/mol. The summed E-state index contributed by atoms with van der Waals surface area (Å²) in [4.78, 5) is 7.90. The molecule has 3 aliphatic rings. The molecule has 2 aliphatic carbocycles. The zero-order chi connectivity index (χ0) is 34.7. The zero-order valence-corrected chi connectivity index (χ0v) is 29.8. The Morgan fingerprint density at radius 2 is 1.08 bits per heavy atom. The van der Waals surface area contributed by atoms with E-state index >= 15 is 0 Å². The van der Waals surface area contributed by atoms with Crippen LogP contribution in [0.25, 0.3) is 50.3 Å². The Balaban J connectivity index is 1.12. The number of nitrogens with zero attached hydrogens (tertiary/aromatic N) is 2. The molecule has 9 aromatic rings. The summed E-state index contributed by atoms with van der Waals surface area (Å²) < 4.78 is 2.55. The van der Waals surface area contributed by atoms with Crippen LogP contribution in [0, 0.1) is 0 Å². The molecule has 0 saturated heterocycles. The first kappa shape index (κ1) is 29.3. The summed E-state index contributed by atoms with van der Waals surface area (Å²) in [5.41, 5.74) is 9.28. The molecule has 0 amide bonds. The fourth-order valence-electron chi connectivity index (χ4n) is 9.80. The molecule has 1 atom stereocenters. The Hall–Kier alpha value is -6.29. The summed E-state index contributed by atoms with van der Waals surface area (Å²) >= 11 is 0. The number of para-hydroxylation sites is 1. The molecule has 0 N–H and O–H groups in total. The topological polar surface area (TPSA) is 8.17 Å². The molecule has 2 nitrogen and oxygen atoms in total. The lowest BCUT2D eigenvalue weighted by Gasteiger charge is -2.42. The highest BCUT2D eigenvalue weighted by Crippen LogP contribution is 2.73. The summed E-state index contributed by atoms with van der Waals surface area (Å²) in [6.45, 7) is 0. The van der Waals surface area contributed by atoms with Gasteiger partial charge in [0.25, 0.3) is 0 Å². The van der Waals surface area contributed by atoms with Crippen molar-refractivity contribution in [2.45, 2.75) is 32.0 Å². The number of anilines is 2. The van der Waals surface area contributed by atoms with Gasteiger partial charge in [-0.05, 0) is 119 Å². The molecular formula is C50H34N2S. The van der Waals surface area contributed by atoms with Crippen molar-refractivity contribution in [3.8, 4) is 5.69 Å². The predicted octanol–water partition coefficient (Wildman–Crippen LogP) is 12.6. The van der Waals surface area contributed by atoms with Crippen molar-refractivity contribution in [1.29, 1.82) is 0 Å². The maximum atomic E-state index is 2.56. The SMILES string of the molecule is C1=CC2c3c4c(ccc5c4c4c(n(-c6ccc(S(c7ccccc7)(c7ccccc7)c7ccccc7)cc6)c6ccc1c3c46)=CC5)N2c1ccccc1. The molecule has 2 heterocycles. The maximum absolute atomic E-state index is 2.56. The third kappa shape index (κ3) is 3.79. The van der Waals surface area contributed by atoms with E-state index in [0.717, 1.165) is 6.42 Å². The molecule has 0 spiro atoms. The molecule has 250 valence electrons. The van der Waals surface area contributed by atoms with Crippen molar-refractivity contribution < 1.29 is 0 Å². The van der Waals surface area contributed by atoms with Crippen LogP contribution in [-0.4, -0.2) is 4.57 Å². The molecule has 12 rings (SSSR count). The van der Waals surface area contributed by atoms with Gasteiger partial charge < -0.3 is 9.47 Å². The van der Waals surface area contributed by atoms with Gasteiger partial charge in [-0.25, -0.2) is 0 Å². The highest BCUT2D eigenvalue weighted by molar-refractivity contribution is 8.34. The third-order valence-electron chi connectivity index (χ3n) is 11.8. The summed E-state index contributed by atoms with van der Waals surface area (Å²) in [6.07, 6.45) is 8.18. The Morgan fingerprint density at radius 1 is 0.472 bits per heavy atom. The number of benzene rings is 8. The average Bonchev–Trinajstić information content (AvgIpc) is 3.77. The predicted molar refractivity (Wildman–Crippen MR) is 222 cm³/mol. The molecule has 3 heteroatoms. The Kier molecular flexibility index (Phi) is 6.01. The van der Waals surface area contributed by atoms with E-state index in [1.165, 1.54) is 91.1 Å². The van der Waals surface area contributed by atoms with Crippen LogP contribution in [0.4, 0.5) is 11.4 Å². The fraction of sp³-hybridized carbons (Fsp3) is 0.0400. The molecule has 0 saturated carbocycles. The number of hydrogen-bond acceptors (Lipinski definition) is 1. The molecule has 8 aromatic carbocycles. The van der Waals surface area contributed by atoms with Crippen molar-refractivity contribution in [2.75, 3.05) is 4.90 Å². The fourth-order valence-corrected chi connectivity index (χ4v) is 13.7. The van der Waals surface area contributed by atoms with Crippen LogP contribution in [0.1, 0.15) is 22.7 Å². The van der Waals surface area contributed by atoms with Crippen LogP contribution in [0.2, 0.25) is 0 Å². The van der Waals surface area contributed by atoms with Crippen LogP contribution in [0.3, 0.4) is 0 Å². The molecule has 0 bridgehead atoms. The van der Waals surface area contributed by atoms with Crippen LogP contribution in [0.5, 0.6) is 0 Å². The second kappa shape index (κ2) is 10.9. The minimum absolute atomic E-state index is 0.173. The molecule has 1 unspecified atom stereocenters. The lowest BCUT2D eigenvalue weighted by molar-refractivity contribution is 0.896. The number of aromatic nitrogens is 1. The van der Waals surface area contributed by atoms with Gasteiger partial charge >= 0.3 is 0 Å². The molecule has 1 aliphatic heterocycles. The van der Waals surface area contributed by atoms with Crippen molar-refractivity contribution in [3.05, 3.63) is 198 Å². The van der Waals surface area contributed by atoms with Gasteiger partial charge in [-0.1, -0.05) is 103 Å². The highest BCUT2D eigenvalue weighted by atomic mass is 32.3. The summed E-state index contributed by atoms with van der Waals surface area (Å²) in [5.74, 6) is 0. The van der Waals surface area contributed by atoms with Crippen molar-refractivity contribution >= 4 is 66.0 Å². The highest BCUT2D eigenvalue weighted by Gasteiger charge is 2.39. The molecule has 1 aromatic heterocycles. The van der Waals surface area contributed by atoms with Gasteiger partial charge in [-0.2, -0.15) is 0 Å². The zero-order valence-electron chi connectivity index (χ0n) is 29.0. The van der Waals surface area contributed by atoms with Gasteiger partial charge in [-0.15, -0.1) is 10.0 Å². The molecule has 53 heavy (non-hydrogen) atoms. The van der Waals surface area contributed by atoms with Gasteiger partial charge in [0, 0.05) is 47.1 Å². The summed E-state index contributed by atoms with van der Waals surface area (Å²) in [6, 6.07) is 63.5. The number of rotatable bonds is 6. The van der Waals surface area contributed by atoms with Gasteiger partial charge in [0.1, 0.15) is 0 Å². The first-order chi connectivity index (χ1) is 26.3. The van der Waals surface area contributed by atoms with Crippen LogP contribution in [0.15, 0.2) is 196 Å². The minimum atomic E-state index is -1.76. The normalized spacial score (nSPS) is 15.6. The van der Waals surface area contributed by atoms with Crippen LogP contribution in [-0.2, 0) is 6.42 Å². The van der Waals surface area contributed by atoms with E-state index in [1.807, 2.05) is 0 Å². The molecule has 0 radical (unpaired) electrons. The van der Waals surface area contributed by atoms with E-state index in [1.54, 1.807) is 0 Å². The quantitative estimate of drug-likeness (QED) is 0.157. The van der Waals surface area contributed by atoms with Crippen molar-refractivity contribution in [2.24, 2.45) is 0 Å². The Labute approximate surface area is 309 Å².